The number of likely N-dealkylation sites (tertiary alicyclic amines) is 1. The number of furan rings is 1. The number of benzene rings is 1. The van der Waals surface area contributed by atoms with E-state index in [-0.39, 0.29) is 17.7 Å². The Bertz CT molecular complexity index is 933. The van der Waals surface area contributed by atoms with Gasteiger partial charge in [0.2, 0.25) is 5.91 Å². The molecule has 1 fully saturated rings. The van der Waals surface area contributed by atoms with Crippen LogP contribution < -0.4 is 5.32 Å². The molecule has 27 heavy (non-hydrogen) atoms. The summed E-state index contributed by atoms with van der Waals surface area (Å²) in [5, 5.41) is 7.63. The van der Waals surface area contributed by atoms with Crippen molar-refractivity contribution in [3.63, 3.8) is 0 Å². The van der Waals surface area contributed by atoms with E-state index in [0.29, 0.717) is 43.8 Å². The van der Waals surface area contributed by atoms with Gasteiger partial charge in [0.1, 0.15) is 22.7 Å². The molecule has 140 valence electrons. The number of nitrogens with one attached hydrogen (secondary N) is 1. The van der Waals surface area contributed by atoms with Crippen molar-refractivity contribution in [1.29, 1.82) is 0 Å². The lowest BCUT2D eigenvalue weighted by Crippen LogP contribution is -2.43. The van der Waals surface area contributed by atoms with Crippen molar-refractivity contribution in [1.82, 2.24) is 15.4 Å². The lowest BCUT2D eigenvalue weighted by Gasteiger charge is -2.31. The van der Waals surface area contributed by atoms with Crippen LogP contribution in [0.25, 0.3) is 11.0 Å². The molecule has 7 nitrogen and oxygen atoms in total. The van der Waals surface area contributed by atoms with Crippen molar-refractivity contribution < 1.29 is 18.5 Å². The van der Waals surface area contributed by atoms with Crippen LogP contribution in [0.15, 0.2) is 45.5 Å². The van der Waals surface area contributed by atoms with Gasteiger partial charge in [-0.05, 0) is 31.9 Å². The molecule has 3 heterocycles. The number of rotatable bonds is 4. The molecule has 0 aliphatic carbocycles. The van der Waals surface area contributed by atoms with E-state index in [4.69, 9.17) is 8.94 Å². The van der Waals surface area contributed by atoms with Crippen LogP contribution in [-0.2, 0) is 11.3 Å². The fourth-order valence-corrected chi connectivity index (χ4v) is 3.46. The van der Waals surface area contributed by atoms with Gasteiger partial charge in [0, 0.05) is 24.4 Å². The van der Waals surface area contributed by atoms with Crippen LogP contribution in [0, 0.1) is 12.8 Å². The number of carbonyl (C=O) groups excluding carboxylic acids is 2. The minimum absolute atomic E-state index is 0.00344. The first-order valence-electron chi connectivity index (χ1n) is 9.07. The molecule has 4 rings (SSSR count). The summed E-state index contributed by atoms with van der Waals surface area (Å²) in [6.45, 7) is 3.18. The average molecular weight is 367 g/mol. The summed E-state index contributed by atoms with van der Waals surface area (Å²) in [6.07, 6.45) is 2.73. The standard InChI is InChI=1S/C20H21N3O4/c1-13-17(12-22-27-13)20(25)23-8-6-14(7-9-23)19(24)21-11-16-10-15-4-2-3-5-18(15)26-16/h2-5,10,12,14H,6-9,11H2,1H3,(H,21,24). The van der Waals surface area contributed by atoms with Crippen LogP contribution in [0.1, 0.15) is 34.7 Å². The molecule has 1 saturated heterocycles. The maximum Gasteiger partial charge on any atom is 0.259 e. The second kappa shape index (κ2) is 7.26. The zero-order valence-electron chi connectivity index (χ0n) is 15.1. The number of carbonyl (C=O) groups is 2. The molecule has 2 aromatic heterocycles. The van der Waals surface area contributed by atoms with E-state index in [1.54, 1.807) is 11.8 Å². The Hall–Kier alpha value is -3.09. The van der Waals surface area contributed by atoms with Gasteiger partial charge >= 0.3 is 0 Å². The highest BCUT2D eigenvalue weighted by molar-refractivity contribution is 5.95. The van der Waals surface area contributed by atoms with Gasteiger partial charge in [0.05, 0.1) is 12.7 Å². The van der Waals surface area contributed by atoms with Crippen LogP contribution >= 0.6 is 0 Å². The molecular weight excluding hydrogens is 346 g/mol. The van der Waals surface area contributed by atoms with Crippen LogP contribution in [0.2, 0.25) is 0 Å². The Balaban J connectivity index is 1.29. The molecule has 1 aliphatic rings. The largest absolute Gasteiger partial charge is 0.459 e. The SMILES string of the molecule is Cc1oncc1C(=O)N1CCC(C(=O)NCc2cc3ccccc3o2)CC1. The minimum atomic E-state index is -0.0954. The topological polar surface area (TPSA) is 88.6 Å². The maximum absolute atomic E-state index is 12.5. The fraction of sp³-hybridized carbons (Fsp3) is 0.350. The molecule has 7 heteroatoms. The van der Waals surface area contributed by atoms with Crippen molar-refractivity contribution in [3.05, 3.63) is 53.6 Å². The number of para-hydroxylation sites is 1. The second-order valence-corrected chi connectivity index (χ2v) is 6.83. The number of hydrogen-bond donors (Lipinski definition) is 1. The van der Waals surface area contributed by atoms with E-state index >= 15 is 0 Å². The number of aryl methyl sites for hydroxylation is 1. The van der Waals surface area contributed by atoms with Gasteiger partial charge in [-0.3, -0.25) is 9.59 Å². The van der Waals surface area contributed by atoms with E-state index in [9.17, 15) is 9.59 Å². The van der Waals surface area contributed by atoms with E-state index in [1.165, 1.54) is 6.20 Å². The number of hydrogen-bond acceptors (Lipinski definition) is 5. The highest BCUT2D eigenvalue weighted by Gasteiger charge is 2.29. The van der Waals surface area contributed by atoms with Crippen molar-refractivity contribution >= 4 is 22.8 Å². The average Bonchev–Trinajstić information content (AvgIpc) is 3.31. The van der Waals surface area contributed by atoms with Crippen molar-refractivity contribution in [2.45, 2.75) is 26.3 Å². The molecule has 0 radical (unpaired) electrons. The van der Waals surface area contributed by atoms with Gasteiger partial charge in [-0.25, -0.2) is 0 Å². The normalized spacial score (nSPS) is 15.2. The Morgan fingerprint density at radius 3 is 2.74 bits per heavy atom. The van der Waals surface area contributed by atoms with Crippen molar-refractivity contribution in [2.75, 3.05) is 13.1 Å². The second-order valence-electron chi connectivity index (χ2n) is 6.83. The van der Waals surface area contributed by atoms with Gasteiger partial charge in [-0.2, -0.15) is 0 Å². The van der Waals surface area contributed by atoms with Gasteiger partial charge in [-0.15, -0.1) is 0 Å². The molecule has 0 unspecified atom stereocenters. The van der Waals surface area contributed by atoms with Crippen LogP contribution in [0.3, 0.4) is 0 Å². The third-order valence-electron chi connectivity index (χ3n) is 5.05. The third kappa shape index (κ3) is 3.58. The summed E-state index contributed by atoms with van der Waals surface area (Å²) in [5.74, 6) is 1.08. The summed E-state index contributed by atoms with van der Waals surface area (Å²) >= 11 is 0. The lowest BCUT2D eigenvalue weighted by atomic mass is 9.95. The number of fused-ring (bicyclic) bond motifs is 1. The van der Waals surface area contributed by atoms with Crippen LogP contribution in [-0.4, -0.2) is 35.0 Å². The molecule has 0 spiro atoms. The van der Waals surface area contributed by atoms with Crippen molar-refractivity contribution in [2.24, 2.45) is 5.92 Å². The monoisotopic (exact) mass is 367 g/mol. The summed E-state index contributed by atoms with van der Waals surface area (Å²) in [7, 11) is 0. The first-order chi connectivity index (χ1) is 13.1. The first kappa shape index (κ1) is 17.3. The molecule has 0 atom stereocenters. The maximum atomic E-state index is 12.5. The number of piperidine rings is 1. The van der Waals surface area contributed by atoms with Gasteiger partial charge in [-0.1, -0.05) is 23.4 Å². The Morgan fingerprint density at radius 1 is 1.26 bits per heavy atom. The number of nitrogens with zero attached hydrogens (tertiary/aromatic N) is 2. The molecule has 3 aromatic rings. The molecule has 1 aromatic carbocycles. The predicted octanol–water partition coefficient (Wildman–Crippen LogP) is 2.90. The summed E-state index contributed by atoms with van der Waals surface area (Å²) in [5.41, 5.74) is 1.31. The fourth-order valence-electron chi connectivity index (χ4n) is 3.46. The van der Waals surface area contributed by atoms with Gasteiger partial charge in [0.15, 0.2) is 0 Å². The summed E-state index contributed by atoms with van der Waals surface area (Å²) < 4.78 is 10.7. The van der Waals surface area contributed by atoms with Gasteiger partial charge < -0.3 is 19.2 Å². The van der Waals surface area contributed by atoms with E-state index in [1.807, 2.05) is 30.3 Å². The van der Waals surface area contributed by atoms with E-state index < -0.39 is 0 Å². The quantitative estimate of drug-likeness (QED) is 0.766. The Labute approximate surface area is 156 Å². The zero-order chi connectivity index (χ0) is 18.8. The molecule has 0 bridgehead atoms. The van der Waals surface area contributed by atoms with E-state index in [2.05, 4.69) is 10.5 Å². The predicted molar refractivity (Wildman–Crippen MR) is 97.9 cm³/mol. The van der Waals surface area contributed by atoms with Crippen LogP contribution in [0.4, 0.5) is 0 Å². The molecule has 1 aliphatic heterocycles. The summed E-state index contributed by atoms with van der Waals surface area (Å²) in [6, 6.07) is 9.71. The molecule has 0 saturated carbocycles. The molecule has 1 N–H and O–H groups in total. The van der Waals surface area contributed by atoms with Gasteiger partial charge in [0.25, 0.3) is 5.91 Å². The Kier molecular flexibility index (Phi) is 4.66. The number of aromatic nitrogens is 1. The smallest absolute Gasteiger partial charge is 0.259 e. The third-order valence-corrected chi connectivity index (χ3v) is 5.05. The van der Waals surface area contributed by atoms with Crippen molar-refractivity contribution in [3.8, 4) is 0 Å². The highest BCUT2D eigenvalue weighted by atomic mass is 16.5. The van der Waals surface area contributed by atoms with Crippen LogP contribution in [0.5, 0.6) is 0 Å². The Morgan fingerprint density at radius 2 is 2.04 bits per heavy atom. The first-order valence-corrected chi connectivity index (χ1v) is 9.07. The molecular formula is C20H21N3O4. The summed E-state index contributed by atoms with van der Waals surface area (Å²) in [4.78, 5) is 26.7. The number of amides is 2. The van der Waals surface area contributed by atoms with E-state index in [0.717, 1.165) is 16.7 Å². The molecule has 2 amide bonds. The lowest BCUT2D eigenvalue weighted by molar-refractivity contribution is -0.126. The zero-order valence-corrected chi connectivity index (χ0v) is 15.1. The highest BCUT2D eigenvalue weighted by Crippen LogP contribution is 2.22. The minimum Gasteiger partial charge on any atom is -0.459 e.